The van der Waals surface area contributed by atoms with E-state index in [0.29, 0.717) is 12.5 Å². The van der Waals surface area contributed by atoms with E-state index in [1.165, 1.54) is 16.4 Å². The molecule has 1 aromatic heterocycles. The summed E-state index contributed by atoms with van der Waals surface area (Å²) >= 11 is 0. The van der Waals surface area contributed by atoms with Gasteiger partial charge in [0.25, 0.3) is 0 Å². The van der Waals surface area contributed by atoms with Crippen molar-refractivity contribution in [3.05, 3.63) is 53.2 Å². The fourth-order valence-corrected chi connectivity index (χ4v) is 2.17. The minimum atomic E-state index is 0.555. The second-order valence-electron chi connectivity index (χ2n) is 4.31. The first-order valence-electron chi connectivity index (χ1n) is 6.12. The molecule has 0 saturated carbocycles. The molecule has 18 heavy (non-hydrogen) atoms. The van der Waals surface area contributed by atoms with Crippen LogP contribution in [0.15, 0.2) is 36.4 Å². The van der Waals surface area contributed by atoms with Crippen molar-refractivity contribution in [1.29, 1.82) is 0 Å². The zero-order valence-corrected chi connectivity index (χ0v) is 12.0. The number of ether oxygens (including phenoxy) is 1. The number of aromatic nitrogens is 1. The zero-order chi connectivity index (χ0) is 13.0. The van der Waals surface area contributed by atoms with Gasteiger partial charge in [-0.3, -0.25) is 0 Å². The Balaban J connectivity index is 2.06. The lowest BCUT2D eigenvalue weighted by Gasteiger charge is -2.09. The van der Waals surface area contributed by atoms with Gasteiger partial charge in [0.15, 0.2) is 0 Å². The lowest BCUT2D eigenvalue weighted by molar-refractivity contribution is 0.294. The molecule has 0 N–H and O–H groups in total. The standard InChI is InChI=1S/C15H18NOP/c1-3-13-5-4-6-15(16-13)17-10-12-8-7-11(2)9-14(12)18/h4-9H,3,10,18H2,1-2H3. The fraction of sp³-hybridized carbons (Fsp3) is 0.267. The predicted octanol–water partition coefficient (Wildman–Crippen LogP) is 3.03. The molecule has 0 aliphatic heterocycles. The number of rotatable bonds is 4. The fourth-order valence-electron chi connectivity index (χ4n) is 1.73. The van der Waals surface area contributed by atoms with Gasteiger partial charge in [0, 0.05) is 11.8 Å². The van der Waals surface area contributed by atoms with E-state index >= 15 is 0 Å². The summed E-state index contributed by atoms with van der Waals surface area (Å²) in [5, 5.41) is 1.18. The Morgan fingerprint density at radius 2 is 2.06 bits per heavy atom. The maximum atomic E-state index is 5.73. The van der Waals surface area contributed by atoms with Gasteiger partial charge in [0.1, 0.15) is 6.61 Å². The van der Waals surface area contributed by atoms with Crippen LogP contribution in [0.4, 0.5) is 0 Å². The van der Waals surface area contributed by atoms with Crippen LogP contribution in [-0.2, 0) is 13.0 Å². The van der Waals surface area contributed by atoms with Crippen molar-refractivity contribution in [2.45, 2.75) is 26.9 Å². The molecular weight excluding hydrogens is 241 g/mol. The highest BCUT2D eigenvalue weighted by atomic mass is 31.0. The van der Waals surface area contributed by atoms with Crippen molar-refractivity contribution in [3.8, 4) is 5.88 Å². The van der Waals surface area contributed by atoms with Gasteiger partial charge in [0.05, 0.1) is 0 Å². The molecule has 0 saturated heterocycles. The van der Waals surface area contributed by atoms with Gasteiger partial charge in [-0.1, -0.05) is 36.8 Å². The van der Waals surface area contributed by atoms with E-state index < -0.39 is 0 Å². The smallest absolute Gasteiger partial charge is 0.213 e. The van der Waals surface area contributed by atoms with Crippen LogP contribution in [0.1, 0.15) is 23.7 Å². The number of pyridine rings is 1. The normalized spacial score (nSPS) is 10.4. The van der Waals surface area contributed by atoms with Crippen LogP contribution in [0.5, 0.6) is 5.88 Å². The summed E-state index contributed by atoms with van der Waals surface area (Å²) < 4.78 is 5.73. The van der Waals surface area contributed by atoms with Crippen LogP contribution in [0, 0.1) is 6.92 Å². The van der Waals surface area contributed by atoms with Crippen molar-refractivity contribution < 1.29 is 4.74 Å². The number of hydrogen-bond donors (Lipinski definition) is 0. The summed E-state index contributed by atoms with van der Waals surface area (Å²) in [6, 6.07) is 12.2. The Morgan fingerprint density at radius 3 is 2.78 bits per heavy atom. The van der Waals surface area contributed by atoms with E-state index in [2.05, 4.69) is 46.3 Å². The van der Waals surface area contributed by atoms with Crippen LogP contribution in [0.3, 0.4) is 0 Å². The molecule has 0 aliphatic rings. The van der Waals surface area contributed by atoms with Crippen molar-refractivity contribution in [2.75, 3.05) is 0 Å². The molecule has 94 valence electrons. The Morgan fingerprint density at radius 1 is 1.22 bits per heavy atom. The SMILES string of the molecule is CCc1cccc(OCc2ccc(C)cc2P)n1. The van der Waals surface area contributed by atoms with Crippen molar-refractivity contribution >= 4 is 14.5 Å². The highest BCUT2D eigenvalue weighted by molar-refractivity contribution is 7.27. The lowest BCUT2D eigenvalue weighted by Crippen LogP contribution is -2.07. The van der Waals surface area contributed by atoms with E-state index in [-0.39, 0.29) is 0 Å². The number of hydrogen-bond acceptors (Lipinski definition) is 2. The first kappa shape index (κ1) is 13.0. The van der Waals surface area contributed by atoms with Crippen molar-refractivity contribution in [3.63, 3.8) is 0 Å². The third kappa shape index (κ3) is 3.30. The third-order valence-electron chi connectivity index (χ3n) is 2.82. The second-order valence-corrected chi connectivity index (χ2v) is 4.93. The monoisotopic (exact) mass is 259 g/mol. The van der Waals surface area contributed by atoms with Crippen LogP contribution >= 0.6 is 9.24 Å². The molecule has 3 heteroatoms. The third-order valence-corrected chi connectivity index (χ3v) is 3.36. The lowest BCUT2D eigenvalue weighted by atomic mass is 10.1. The van der Waals surface area contributed by atoms with E-state index in [0.717, 1.165) is 12.1 Å². The Bertz CT molecular complexity index is 540. The average molecular weight is 259 g/mol. The number of aryl methyl sites for hydroxylation is 2. The molecule has 0 aliphatic carbocycles. The molecule has 0 fully saturated rings. The first-order chi connectivity index (χ1) is 8.69. The second kappa shape index (κ2) is 5.97. The van der Waals surface area contributed by atoms with Gasteiger partial charge < -0.3 is 4.74 Å². The molecule has 0 spiro atoms. The molecule has 2 aromatic rings. The molecule has 2 rings (SSSR count). The molecule has 0 amide bonds. The molecule has 1 aromatic carbocycles. The number of benzene rings is 1. The highest BCUT2D eigenvalue weighted by Crippen LogP contribution is 2.12. The van der Waals surface area contributed by atoms with E-state index in [4.69, 9.17) is 4.74 Å². The van der Waals surface area contributed by atoms with E-state index in [9.17, 15) is 0 Å². The maximum Gasteiger partial charge on any atom is 0.213 e. The topological polar surface area (TPSA) is 22.1 Å². The summed E-state index contributed by atoms with van der Waals surface area (Å²) in [5.74, 6) is 0.694. The van der Waals surface area contributed by atoms with E-state index in [1.54, 1.807) is 0 Å². The minimum Gasteiger partial charge on any atom is -0.473 e. The van der Waals surface area contributed by atoms with Gasteiger partial charge in [-0.15, -0.1) is 9.24 Å². The Kier molecular flexibility index (Phi) is 4.33. The van der Waals surface area contributed by atoms with Gasteiger partial charge >= 0.3 is 0 Å². The molecule has 0 radical (unpaired) electrons. The Hall–Kier alpha value is -1.40. The zero-order valence-electron chi connectivity index (χ0n) is 10.8. The summed E-state index contributed by atoms with van der Waals surface area (Å²) in [4.78, 5) is 4.42. The van der Waals surface area contributed by atoms with Crippen LogP contribution in [-0.4, -0.2) is 4.98 Å². The molecule has 2 nitrogen and oxygen atoms in total. The molecule has 0 bridgehead atoms. The van der Waals surface area contributed by atoms with Crippen LogP contribution < -0.4 is 10.0 Å². The van der Waals surface area contributed by atoms with Crippen molar-refractivity contribution in [2.24, 2.45) is 0 Å². The molecule has 1 unspecified atom stereocenters. The average Bonchev–Trinajstić information content (AvgIpc) is 2.38. The van der Waals surface area contributed by atoms with Gasteiger partial charge in [-0.2, -0.15) is 0 Å². The molecule has 1 heterocycles. The quantitative estimate of drug-likeness (QED) is 0.787. The maximum absolute atomic E-state index is 5.73. The molecular formula is C15H18NOP. The Labute approximate surface area is 111 Å². The summed E-state index contributed by atoms with van der Waals surface area (Å²) in [6.07, 6.45) is 0.927. The van der Waals surface area contributed by atoms with E-state index in [1.807, 2.05) is 18.2 Å². The number of nitrogens with zero attached hydrogens (tertiary/aromatic N) is 1. The summed E-state index contributed by atoms with van der Waals surface area (Å²) in [5.41, 5.74) is 3.49. The predicted molar refractivity (Wildman–Crippen MR) is 78.5 cm³/mol. The van der Waals surface area contributed by atoms with Gasteiger partial charge in [-0.05, 0) is 30.3 Å². The van der Waals surface area contributed by atoms with Gasteiger partial charge in [0.2, 0.25) is 5.88 Å². The largest absolute Gasteiger partial charge is 0.473 e. The summed E-state index contributed by atoms with van der Waals surface area (Å²) in [6.45, 7) is 4.73. The first-order valence-corrected chi connectivity index (χ1v) is 6.70. The highest BCUT2D eigenvalue weighted by Gasteiger charge is 2.01. The van der Waals surface area contributed by atoms with Crippen LogP contribution in [0.2, 0.25) is 0 Å². The van der Waals surface area contributed by atoms with Crippen LogP contribution in [0.25, 0.3) is 0 Å². The van der Waals surface area contributed by atoms with Crippen molar-refractivity contribution in [1.82, 2.24) is 4.98 Å². The van der Waals surface area contributed by atoms with Gasteiger partial charge in [-0.25, -0.2) is 4.98 Å². The summed E-state index contributed by atoms with van der Waals surface area (Å²) in [7, 11) is 2.75. The molecule has 1 atom stereocenters. The minimum absolute atomic E-state index is 0.555.